The molecule has 0 radical (unpaired) electrons. The van der Waals surface area contributed by atoms with Gasteiger partial charge in [0.1, 0.15) is 18.9 Å². The van der Waals surface area contributed by atoms with E-state index < -0.39 is 41.5 Å². The van der Waals surface area contributed by atoms with Crippen LogP contribution in [-0.2, 0) is 58.6 Å². The minimum atomic E-state index is -1.97. The van der Waals surface area contributed by atoms with E-state index in [1.54, 1.807) is 41.5 Å². The predicted molar refractivity (Wildman–Crippen MR) is 212 cm³/mol. The van der Waals surface area contributed by atoms with Crippen molar-refractivity contribution in [3.05, 3.63) is 56.9 Å². The van der Waals surface area contributed by atoms with E-state index in [-0.39, 0.29) is 68.0 Å². The number of aromatic nitrogens is 2. The van der Waals surface area contributed by atoms with E-state index in [0.717, 1.165) is 47.3 Å². The van der Waals surface area contributed by atoms with Gasteiger partial charge in [-0.3, -0.25) is 28.9 Å². The average Bonchev–Trinajstić information content (AvgIpc) is 3.73. The van der Waals surface area contributed by atoms with Crippen LogP contribution in [0.4, 0.5) is 4.79 Å². The number of piperidine rings is 2. The van der Waals surface area contributed by atoms with E-state index >= 15 is 0 Å². The second-order valence-electron chi connectivity index (χ2n) is 16.2. The van der Waals surface area contributed by atoms with Crippen LogP contribution in [0.15, 0.2) is 29.1 Å². The third kappa shape index (κ3) is 7.36. The largest absolute Gasteiger partial charge is 0.457 e. The van der Waals surface area contributed by atoms with Crippen molar-refractivity contribution in [1.29, 1.82) is 0 Å². The van der Waals surface area contributed by atoms with Crippen molar-refractivity contribution in [2.24, 2.45) is 5.92 Å². The Bertz CT molecular complexity index is 2310. The maximum atomic E-state index is 14.2. The molecule has 8 rings (SSSR count). The number of fused-ring (bicyclic) bond motifs is 5. The number of aryl methyl sites for hydroxylation is 1. The van der Waals surface area contributed by atoms with Gasteiger partial charge in [0.25, 0.3) is 5.56 Å². The fourth-order valence-electron chi connectivity index (χ4n) is 9.41. The first-order valence-corrected chi connectivity index (χ1v) is 20.9. The van der Waals surface area contributed by atoms with E-state index in [2.05, 4.69) is 10.2 Å². The first-order chi connectivity index (χ1) is 28.4. The Hall–Kier alpha value is -5.64. The molecule has 3 fully saturated rings. The lowest BCUT2D eigenvalue weighted by atomic mass is 9.85. The molecule has 312 valence electrons. The summed E-state index contributed by atoms with van der Waals surface area (Å²) in [5.74, 6) is -3.10. The van der Waals surface area contributed by atoms with Crippen LogP contribution in [0.5, 0.6) is 5.75 Å². The van der Waals surface area contributed by atoms with Crippen LogP contribution >= 0.6 is 0 Å². The molecule has 7 heterocycles. The fourth-order valence-corrected chi connectivity index (χ4v) is 9.41. The Morgan fingerprint density at radius 3 is 2.44 bits per heavy atom. The third-order valence-corrected chi connectivity index (χ3v) is 12.7. The molecule has 2 aromatic heterocycles. The lowest BCUT2D eigenvalue weighted by Gasteiger charge is -2.39. The van der Waals surface area contributed by atoms with Gasteiger partial charge in [-0.15, -0.1) is 0 Å². The third-order valence-electron chi connectivity index (χ3n) is 12.7. The predicted octanol–water partition coefficient (Wildman–Crippen LogP) is 3.54. The van der Waals surface area contributed by atoms with Crippen molar-refractivity contribution in [3.8, 4) is 17.1 Å². The highest BCUT2D eigenvalue weighted by Crippen LogP contribution is 2.42. The van der Waals surface area contributed by atoms with Crippen LogP contribution in [0.25, 0.3) is 22.3 Å². The normalized spacial score (nSPS) is 21.9. The van der Waals surface area contributed by atoms with Gasteiger partial charge in [0, 0.05) is 60.9 Å². The van der Waals surface area contributed by atoms with Gasteiger partial charge in [-0.05, 0) is 81.4 Å². The topological polar surface area (TPSA) is 187 Å². The SMILES string of the molecule is CCc1c2c(nc3ccc(OC(=O)N4CCC(N5CCCCC5)CC4)cc13)-c1cc3c(c(=O)n1C2)COC(=O)[C@@]3(CC)OC(=O)CNC(=O)CCN1C(=O)CC(C)C1=O. The highest BCUT2D eigenvalue weighted by atomic mass is 16.6. The first-order valence-electron chi connectivity index (χ1n) is 20.9. The summed E-state index contributed by atoms with van der Waals surface area (Å²) >= 11 is 0. The van der Waals surface area contributed by atoms with Gasteiger partial charge in [-0.2, -0.15) is 0 Å². The standard InChI is InChI=1S/C43H50N6O10/c1-4-28-29-20-27(58-42(56)47-16-11-26(12-17-47)46-14-7-6-8-15-46)9-10-33(29)45-38-30(28)23-49-34(38)21-32-31(40(49)54)24-57-41(55)43(32,5-2)59-37(52)22-44-35(50)13-18-48-36(51)19-25(3)39(48)53/h9-10,20-21,25-26H,4-8,11-19,22-24H2,1-3H3,(H,44,50)/t25?,43-/m0/s1. The Morgan fingerprint density at radius 2 is 1.75 bits per heavy atom. The molecule has 0 aliphatic carbocycles. The van der Waals surface area contributed by atoms with Crippen LogP contribution in [-0.4, -0.2) is 105 Å². The van der Waals surface area contributed by atoms with Gasteiger partial charge < -0.3 is 33.9 Å². The maximum absolute atomic E-state index is 14.2. The summed E-state index contributed by atoms with van der Waals surface area (Å²) in [6.45, 7) is 8.04. The number of likely N-dealkylation sites (tertiary alicyclic amines) is 3. The number of nitrogens with one attached hydrogen (secondary N) is 1. The van der Waals surface area contributed by atoms with Crippen LogP contribution < -0.4 is 15.6 Å². The minimum Gasteiger partial charge on any atom is -0.457 e. The first kappa shape index (κ1) is 40.2. The molecule has 3 aromatic rings. The molecule has 0 bridgehead atoms. The molecular weight excluding hydrogens is 761 g/mol. The number of imide groups is 1. The quantitative estimate of drug-likeness (QED) is 0.182. The van der Waals surface area contributed by atoms with Crippen molar-refractivity contribution in [1.82, 2.24) is 29.6 Å². The number of benzene rings is 1. The highest BCUT2D eigenvalue weighted by molar-refractivity contribution is 6.03. The molecule has 0 spiro atoms. The zero-order valence-electron chi connectivity index (χ0n) is 33.8. The summed E-state index contributed by atoms with van der Waals surface area (Å²) in [6, 6.07) is 7.52. The van der Waals surface area contributed by atoms with Gasteiger partial charge in [-0.1, -0.05) is 27.2 Å². The van der Waals surface area contributed by atoms with Gasteiger partial charge in [-0.25, -0.2) is 14.6 Å². The fraction of sp³-hybridized carbons (Fsp3) is 0.535. The molecule has 16 heteroatoms. The Balaban J connectivity index is 0.997. The van der Waals surface area contributed by atoms with Crippen molar-refractivity contribution in [2.45, 2.75) is 103 Å². The van der Waals surface area contributed by atoms with E-state index in [9.17, 15) is 33.6 Å². The van der Waals surface area contributed by atoms with Crippen molar-refractivity contribution < 1.29 is 43.0 Å². The van der Waals surface area contributed by atoms with Crippen molar-refractivity contribution >= 4 is 46.7 Å². The van der Waals surface area contributed by atoms with E-state index in [1.807, 2.05) is 13.0 Å². The number of esters is 2. The maximum Gasteiger partial charge on any atom is 0.415 e. The van der Waals surface area contributed by atoms with E-state index in [4.69, 9.17) is 19.2 Å². The number of hydrogen-bond acceptors (Lipinski definition) is 12. The second-order valence-corrected chi connectivity index (χ2v) is 16.2. The number of amides is 4. The molecule has 1 aromatic carbocycles. The van der Waals surface area contributed by atoms with Gasteiger partial charge in [0.15, 0.2) is 0 Å². The van der Waals surface area contributed by atoms with Crippen LogP contribution in [0.1, 0.15) is 94.4 Å². The number of rotatable bonds is 10. The molecular formula is C43H50N6O10. The lowest BCUT2D eigenvalue weighted by molar-refractivity contribution is -0.189. The summed E-state index contributed by atoms with van der Waals surface area (Å²) in [5, 5.41) is 3.24. The van der Waals surface area contributed by atoms with Crippen LogP contribution in [0.2, 0.25) is 0 Å². The summed E-state index contributed by atoms with van der Waals surface area (Å²) in [5.41, 5.74) is 1.41. The second kappa shape index (κ2) is 16.2. The minimum absolute atomic E-state index is 0.0606. The lowest BCUT2D eigenvalue weighted by Crippen LogP contribution is -2.48. The van der Waals surface area contributed by atoms with Crippen LogP contribution in [0, 0.1) is 5.92 Å². The summed E-state index contributed by atoms with van der Waals surface area (Å²) < 4.78 is 18.8. The van der Waals surface area contributed by atoms with Crippen molar-refractivity contribution in [2.75, 3.05) is 39.3 Å². The Labute approximate surface area is 341 Å². The van der Waals surface area contributed by atoms with E-state index in [1.165, 1.54) is 19.3 Å². The number of carbonyl (C=O) groups is 6. The zero-order valence-corrected chi connectivity index (χ0v) is 33.8. The van der Waals surface area contributed by atoms with Crippen LogP contribution in [0.3, 0.4) is 0 Å². The average molecular weight is 811 g/mol. The van der Waals surface area contributed by atoms with Gasteiger partial charge in [0.05, 0.1) is 29.0 Å². The number of pyridine rings is 2. The highest BCUT2D eigenvalue weighted by Gasteiger charge is 2.50. The molecule has 4 amide bonds. The summed E-state index contributed by atoms with van der Waals surface area (Å²) in [4.78, 5) is 102. The number of hydrogen-bond donors (Lipinski definition) is 1. The molecule has 0 saturated carbocycles. The molecule has 5 aliphatic rings. The number of nitrogens with zero attached hydrogens (tertiary/aromatic N) is 5. The molecule has 5 aliphatic heterocycles. The number of cyclic esters (lactones) is 1. The number of carbonyl (C=O) groups excluding carboxylic acids is 6. The molecule has 1 N–H and O–H groups in total. The molecule has 3 saturated heterocycles. The molecule has 1 unspecified atom stereocenters. The Kier molecular flexibility index (Phi) is 11.0. The molecule has 2 atom stereocenters. The van der Waals surface area contributed by atoms with E-state index in [0.29, 0.717) is 48.2 Å². The smallest absolute Gasteiger partial charge is 0.415 e. The van der Waals surface area contributed by atoms with Crippen molar-refractivity contribution in [3.63, 3.8) is 0 Å². The van der Waals surface area contributed by atoms with Gasteiger partial charge in [0.2, 0.25) is 23.3 Å². The Morgan fingerprint density at radius 1 is 0.983 bits per heavy atom. The van der Waals surface area contributed by atoms with Gasteiger partial charge >= 0.3 is 18.0 Å². The summed E-state index contributed by atoms with van der Waals surface area (Å²) in [6.07, 6.45) is 5.67. The monoisotopic (exact) mass is 810 g/mol. The number of ether oxygens (including phenoxy) is 3. The zero-order chi connectivity index (χ0) is 41.6. The molecule has 59 heavy (non-hydrogen) atoms. The molecule has 16 nitrogen and oxygen atoms in total. The summed E-state index contributed by atoms with van der Waals surface area (Å²) in [7, 11) is 0.